The van der Waals surface area contributed by atoms with Gasteiger partial charge in [-0.3, -0.25) is 24.5 Å². The van der Waals surface area contributed by atoms with Crippen molar-refractivity contribution >= 4 is 46.5 Å². The molecule has 0 aliphatic carbocycles. The second kappa shape index (κ2) is 10.5. The number of carbonyl (C=O) groups excluding carboxylic acids is 4. The topological polar surface area (TPSA) is 124 Å². The van der Waals surface area contributed by atoms with Crippen molar-refractivity contribution < 1.29 is 28.8 Å². The van der Waals surface area contributed by atoms with Crippen molar-refractivity contribution in [3.8, 4) is 0 Å². The Hall–Kier alpha value is -5.15. The predicted octanol–water partition coefficient (Wildman–Crippen LogP) is 6.14. The molecule has 5 rings (SSSR count). The number of hydrogen-bond donors (Lipinski definition) is 0. The summed E-state index contributed by atoms with van der Waals surface area (Å²) in [6.45, 7) is 1.62. The highest BCUT2D eigenvalue weighted by Gasteiger charge is 2.42. The lowest BCUT2D eigenvalue weighted by molar-refractivity contribution is -0.385. The molecule has 4 aromatic rings. The Kier molecular flexibility index (Phi) is 6.98. The molecule has 0 aromatic heterocycles. The van der Waals surface area contributed by atoms with Gasteiger partial charge in [-0.15, -0.1) is 0 Å². The number of halogens is 1. The summed E-state index contributed by atoms with van der Waals surface area (Å²) in [5.74, 6) is -2.97. The maximum atomic E-state index is 13.4. The lowest BCUT2D eigenvalue weighted by Gasteiger charge is -2.20. The Morgan fingerprint density at radius 2 is 1.57 bits per heavy atom. The number of fused-ring (bicyclic) bond motifs is 1. The van der Waals surface area contributed by atoms with Gasteiger partial charge in [0.05, 0.1) is 21.7 Å². The number of nitro benzene ring substituents is 1. The molecular formula is C30H19ClN2O7. The molecule has 4 aromatic carbocycles. The number of ether oxygens (including phenoxy) is 1. The molecule has 10 heteroatoms. The van der Waals surface area contributed by atoms with Crippen LogP contribution in [0, 0.1) is 17.0 Å². The van der Waals surface area contributed by atoms with E-state index in [1.54, 1.807) is 61.5 Å². The zero-order chi connectivity index (χ0) is 28.6. The average Bonchev–Trinajstić information content (AvgIpc) is 3.22. The predicted molar refractivity (Wildman–Crippen MR) is 146 cm³/mol. The molecule has 198 valence electrons. The van der Waals surface area contributed by atoms with Crippen LogP contribution >= 0.6 is 11.6 Å². The molecule has 0 fully saturated rings. The van der Waals surface area contributed by atoms with Gasteiger partial charge in [0, 0.05) is 22.2 Å². The van der Waals surface area contributed by atoms with Crippen LogP contribution in [0.1, 0.15) is 58.7 Å². The number of anilines is 1. The van der Waals surface area contributed by atoms with Gasteiger partial charge in [-0.1, -0.05) is 66.2 Å². The first kappa shape index (κ1) is 26.5. The number of carbonyl (C=O) groups is 4. The summed E-state index contributed by atoms with van der Waals surface area (Å²) in [6, 6.07) is 22.7. The molecule has 40 heavy (non-hydrogen) atoms. The number of amides is 2. The van der Waals surface area contributed by atoms with Crippen LogP contribution in [-0.4, -0.2) is 28.5 Å². The second-order valence-electron chi connectivity index (χ2n) is 8.97. The third-order valence-electron chi connectivity index (χ3n) is 6.47. The fourth-order valence-corrected chi connectivity index (χ4v) is 4.58. The van der Waals surface area contributed by atoms with Crippen molar-refractivity contribution in [1.82, 2.24) is 0 Å². The minimum atomic E-state index is -1.31. The van der Waals surface area contributed by atoms with Crippen molar-refractivity contribution in [2.75, 3.05) is 4.90 Å². The zero-order valence-electron chi connectivity index (χ0n) is 20.9. The van der Waals surface area contributed by atoms with Crippen molar-refractivity contribution in [3.63, 3.8) is 0 Å². The maximum Gasteiger partial charge on any atom is 0.339 e. The number of ketones is 1. The first-order valence-corrected chi connectivity index (χ1v) is 12.4. The summed E-state index contributed by atoms with van der Waals surface area (Å²) < 4.78 is 5.69. The van der Waals surface area contributed by atoms with E-state index in [4.69, 9.17) is 16.3 Å². The average molecular weight is 555 g/mol. The van der Waals surface area contributed by atoms with Crippen LogP contribution in [-0.2, 0) is 4.74 Å². The molecule has 0 N–H and O–H groups in total. The summed E-state index contributed by atoms with van der Waals surface area (Å²) in [5, 5.41) is 11.9. The molecule has 0 saturated carbocycles. The Bertz CT molecular complexity index is 1700. The van der Waals surface area contributed by atoms with Gasteiger partial charge in [0.15, 0.2) is 6.10 Å². The Morgan fingerprint density at radius 3 is 2.25 bits per heavy atom. The minimum absolute atomic E-state index is 0.0357. The van der Waals surface area contributed by atoms with Crippen LogP contribution in [0.25, 0.3) is 0 Å². The van der Waals surface area contributed by atoms with Crippen LogP contribution in [0.5, 0.6) is 0 Å². The number of imide groups is 1. The number of hydrogen-bond acceptors (Lipinski definition) is 7. The van der Waals surface area contributed by atoms with Gasteiger partial charge in [0.1, 0.15) is 5.56 Å². The molecular weight excluding hydrogens is 536 g/mol. The molecule has 1 aliphatic rings. The number of benzene rings is 4. The SMILES string of the molecule is Cc1ccc(C(=O)O[C@H](C(=O)c2ccccc2)c2ccc(Cl)cc2)cc1N1C(=O)c2cccc([N+](=O)[O-])c2C1=O. The van der Waals surface area contributed by atoms with E-state index in [1.165, 1.54) is 30.3 Å². The number of Topliss-reactive ketones (excluding diaryl/α,β-unsaturated/α-hetero) is 1. The third kappa shape index (κ3) is 4.74. The number of rotatable bonds is 7. The van der Waals surface area contributed by atoms with Crippen molar-refractivity contribution in [1.29, 1.82) is 0 Å². The number of aryl methyl sites for hydroxylation is 1. The van der Waals surface area contributed by atoms with Crippen LogP contribution in [0.2, 0.25) is 5.02 Å². The Balaban J connectivity index is 1.50. The summed E-state index contributed by atoms with van der Waals surface area (Å²) >= 11 is 6.00. The molecule has 0 spiro atoms. The van der Waals surface area contributed by atoms with Crippen LogP contribution in [0.4, 0.5) is 11.4 Å². The zero-order valence-corrected chi connectivity index (χ0v) is 21.6. The van der Waals surface area contributed by atoms with E-state index in [0.717, 1.165) is 11.0 Å². The van der Waals surface area contributed by atoms with E-state index in [0.29, 0.717) is 21.7 Å². The van der Waals surface area contributed by atoms with Crippen molar-refractivity contribution in [3.05, 3.63) is 140 Å². The molecule has 0 saturated heterocycles. The van der Waals surface area contributed by atoms with E-state index in [1.807, 2.05) is 0 Å². The monoisotopic (exact) mass is 554 g/mol. The fourth-order valence-electron chi connectivity index (χ4n) is 4.46. The summed E-state index contributed by atoms with van der Waals surface area (Å²) in [4.78, 5) is 64.7. The standard InChI is InChI=1S/C30H19ClN2O7/c1-17-10-11-20(16-24(17)32-28(35)22-8-5-9-23(33(38)39)25(22)29(32)36)30(37)40-27(19-12-14-21(31)15-13-19)26(34)18-6-3-2-4-7-18/h2-16,27H,1H3/t27-/m0/s1. The lowest BCUT2D eigenvalue weighted by Crippen LogP contribution is -2.30. The van der Waals surface area contributed by atoms with Gasteiger partial charge in [0.25, 0.3) is 17.5 Å². The molecule has 1 atom stereocenters. The highest BCUT2D eigenvalue weighted by Crippen LogP contribution is 2.36. The van der Waals surface area contributed by atoms with Crippen molar-refractivity contribution in [2.24, 2.45) is 0 Å². The second-order valence-corrected chi connectivity index (χ2v) is 9.41. The number of esters is 1. The highest BCUT2D eigenvalue weighted by atomic mass is 35.5. The summed E-state index contributed by atoms with van der Waals surface area (Å²) in [6.07, 6.45) is -1.31. The quantitative estimate of drug-likeness (QED) is 0.0883. The lowest BCUT2D eigenvalue weighted by atomic mass is 9.99. The van der Waals surface area contributed by atoms with Gasteiger partial charge >= 0.3 is 5.97 Å². The highest BCUT2D eigenvalue weighted by molar-refractivity contribution is 6.36. The summed E-state index contributed by atoms with van der Waals surface area (Å²) in [5.41, 5.74) is 0.294. The van der Waals surface area contributed by atoms with Crippen LogP contribution in [0.3, 0.4) is 0 Å². The number of nitro groups is 1. The van der Waals surface area contributed by atoms with Gasteiger partial charge in [-0.25, -0.2) is 9.69 Å². The molecule has 1 aliphatic heterocycles. The minimum Gasteiger partial charge on any atom is -0.445 e. The first-order chi connectivity index (χ1) is 19.2. The molecule has 1 heterocycles. The molecule has 0 radical (unpaired) electrons. The van der Waals surface area contributed by atoms with Crippen LogP contribution in [0.15, 0.2) is 91.0 Å². The largest absolute Gasteiger partial charge is 0.445 e. The van der Waals surface area contributed by atoms with Crippen molar-refractivity contribution in [2.45, 2.75) is 13.0 Å². The van der Waals surface area contributed by atoms with E-state index < -0.39 is 40.3 Å². The van der Waals surface area contributed by atoms with E-state index >= 15 is 0 Å². The van der Waals surface area contributed by atoms with E-state index in [-0.39, 0.29) is 22.4 Å². The Morgan fingerprint density at radius 1 is 0.875 bits per heavy atom. The van der Waals surface area contributed by atoms with Gasteiger partial charge < -0.3 is 4.74 Å². The smallest absolute Gasteiger partial charge is 0.339 e. The Labute approximate surface area is 232 Å². The van der Waals surface area contributed by atoms with Gasteiger partial charge in [-0.2, -0.15) is 0 Å². The van der Waals surface area contributed by atoms with E-state index in [9.17, 15) is 29.3 Å². The van der Waals surface area contributed by atoms with E-state index in [2.05, 4.69) is 0 Å². The summed E-state index contributed by atoms with van der Waals surface area (Å²) in [7, 11) is 0. The van der Waals surface area contributed by atoms with Crippen LogP contribution < -0.4 is 4.90 Å². The number of nitrogens with zero attached hydrogens (tertiary/aromatic N) is 2. The molecule has 2 amide bonds. The molecule has 0 unspecified atom stereocenters. The fraction of sp³-hybridized carbons (Fsp3) is 0.0667. The van der Waals surface area contributed by atoms with Gasteiger partial charge in [-0.05, 0) is 42.8 Å². The molecule has 9 nitrogen and oxygen atoms in total. The van der Waals surface area contributed by atoms with Gasteiger partial charge in [0.2, 0.25) is 5.78 Å². The maximum absolute atomic E-state index is 13.4. The third-order valence-corrected chi connectivity index (χ3v) is 6.72. The first-order valence-electron chi connectivity index (χ1n) is 12.0. The molecule has 0 bridgehead atoms. The normalized spacial score (nSPS) is 13.1.